The van der Waals surface area contributed by atoms with Crippen molar-refractivity contribution in [3.05, 3.63) is 52.1 Å². The number of hydrogen-bond donors (Lipinski definition) is 1. The van der Waals surface area contributed by atoms with Crippen molar-refractivity contribution in [1.82, 2.24) is 5.32 Å². The van der Waals surface area contributed by atoms with Gasteiger partial charge in [0.25, 0.3) is 0 Å². The predicted molar refractivity (Wildman–Crippen MR) is 104 cm³/mol. The summed E-state index contributed by atoms with van der Waals surface area (Å²) >= 11 is 11.5. The van der Waals surface area contributed by atoms with Crippen LogP contribution in [0.25, 0.3) is 0 Å². The zero-order valence-electron chi connectivity index (χ0n) is 11.3. The third-order valence-corrected chi connectivity index (χ3v) is 6.71. The molecule has 1 heterocycles. The molecule has 0 amide bonds. The van der Waals surface area contributed by atoms with Crippen molar-refractivity contribution in [3.8, 4) is 0 Å². The van der Waals surface area contributed by atoms with Crippen molar-refractivity contribution in [2.45, 2.75) is 26.3 Å². The van der Waals surface area contributed by atoms with E-state index in [0.717, 1.165) is 17.4 Å². The van der Waals surface area contributed by atoms with Gasteiger partial charge in [0, 0.05) is 22.3 Å². The first kappa shape index (κ1) is 16.9. The van der Waals surface area contributed by atoms with E-state index in [-0.39, 0.29) is 6.04 Å². The molecule has 0 aliphatic heterocycles. The molecule has 0 radical (unpaired) electrons. The molecular formula is C15H16Br2INS. The van der Waals surface area contributed by atoms with Crippen LogP contribution in [-0.4, -0.2) is 6.54 Å². The molecule has 5 heteroatoms. The molecule has 1 atom stereocenters. The van der Waals surface area contributed by atoms with Gasteiger partial charge in [0.05, 0.1) is 6.04 Å². The molecule has 0 fully saturated rings. The maximum atomic E-state index is 3.67. The number of rotatable bonds is 5. The maximum absolute atomic E-state index is 3.67. The molecule has 1 aromatic heterocycles. The van der Waals surface area contributed by atoms with Gasteiger partial charge in [0.2, 0.25) is 0 Å². The summed E-state index contributed by atoms with van der Waals surface area (Å²) in [5, 5.41) is 3.67. The van der Waals surface area contributed by atoms with Gasteiger partial charge in [-0.1, -0.05) is 22.9 Å². The van der Waals surface area contributed by atoms with Crippen LogP contribution in [0.4, 0.5) is 0 Å². The maximum Gasteiger partial charge on any atom is 0.0682 e. The van der Waals surface area contributed by atoms with Crippen LogP contribution >= 0.6 is 65.8 Å². The quantitative estimate of drug-likeness (QED) is 0.451. The van der Waals surface area contributed by atoms with Gasteiger partial charge >= 0.3 is 0 Å². The van der Waals surface area contributed by atoms with Crippen molar-refractivity contribution in [1.29, 1.82) is 0 Å². The largest absolute Gasteiger partial charge is 0.306 e. The highest BCUT2D eigenvalue weighted by Crippen LogP contribution is 2.36. The summed E-state index contributed by atoms with van der Waals surface area (Å²) in [7, 11) is 0. The van der Waals surface area contributed by atoms with Crippen LogP contribution in [0, 0.1) is 10.5 Å². The first-order valence-corrected chi connectivity index (χ1v) is 9.95. The number of aryl methyl sites for hydroxylation is 1. The highest BCUT2D eigenvalue weighted by atomic mass is 127. The van der Waals surface area contributed by atoms with Crippen molar-refractivity contribution in [3.63, 3.8) is 0 Å². The lowest BCUT2D eigenvalue weighted by Crippen LogP contribution is -2.23. The van der Waals surface area contributed by atoms with E-state index in [2.05, 4.69) is 97.9 Å². The Bertz CT molecular complexity index is 578. The highest BCUT2D eigenvalue weighted by molar-refractivity contribution is 14.1. The minimum absolute atomic E-state index is 0.259. The Kier molecular flexibility index (Phi) is 6.53. The number of hydrogen-bond acceptors (Lipinski definition) is 2. The van der Waals surface area contributed by atoms with E-state index < -0.39 is 0 Å². The summed E-state index contributed by atoms with van der Waals surface area (Å²) in [6.45, 7) is 5.37. The monoisotopic (exact) mass is 527 g/mol. The van der Waals surface area contributed by atoms with E-state index in [1.807, 2.05) is 11.3 Å². The van der Waals surface area contributed by atoms with Crippen LogP contribution < -0.4 is 5.32 Å². The summed E-state index contributed by atoms with van der Waals surface area (Å²) in [5.74, 6) is 0. The molecule has 0 aliphatic carbocycles. The molecule has 0 bridgehead atoms. The van der Waals surface area contributed by atoms with E-state index in [1.165, 1.54) is 23.4 Å². The summed E-state index contributed by atoms with van der Waals surface area (Å²) in [6.07, 6.45) is 1.13. The van der Waals surface area contributed by atoms with Crippen LogP contribution in [0.2, 0.25) is 0 Å². The van der Waals surface area contributed by atoms with Gasteiger partial charge in [-0.05, 0) is 88.2 Å². The Morgan fingerprint density at radius 3 is 2.65 bits per heavy atom. The number of thiophene rings is 1. The van der Waals surface area contributed by atoms with Gasteiger partial charge in [-0.25, -0.2) is 0 Å². The molecule has 0 spiro atoms. The molecule has 2 rings (SSSR count). The average Bonchev–Trinajstić information content (AvgIpc) is 2.74. The summed E-state index contributed by atoms with van der Waals surface area (Å²) in [6, 6.07) is 8.98. The Morgan fingerprint density at radius 1 is 1.30 bits per heavy atom. The van der Waals surface area contributed by atoms with Crippen LogP contribution in [0.15, 0.2) is 33.2 Å². The van der Waals surface area contributed by atoms with Crippen LogP contribution in [-0.2, 0) is 0 Å². The van der Waals surface area contributed by atoms with Crippen molar-refractivity contribution in [2.75, 3.05) is 6.54 Å². The first-order chi connectivity index (χ1) is 9.52. The van der Waals surface area contributed by atoms with Gasteiger partial charge in [0.15, 0.2) is 0 Å². The lowest BCUT2D eigenvalue weighted by atomic mass is 10.1. The molecule has 108 valence electrons. The third-order valence-electron chi connectivity index (χ3n) is 3.03. The Labute approximate surface area is 155 Å². The molecule has 1 nitrogen and oxygen atoms in total. The van der Waals surface area contributed by atoms with Crippen LogP contribution in [0.1, 0.15) is 34.7 Å². The van der Waals surface area contributed by atoms with Gasteiger partial charge in [-0.3, -0.25) is 0 Å². The van der Waals surface area contributed by atoms with Crippen molar-refractivity contribution < 1.29 is 0 Å². The molecule has 1 N–H and O–H groups in total. The fourth-order valence-corrected chi connectivity index (χ4v) is 4.69. The number of nitrogens with one attached hydrogen (secondary N) is 1. The number of benzene rings is 1. The molecule has 20 heavy (non-hydrogen) atoms. The zero-order valence-corrected chi connectivity index (χ0v) is 17.5. The second kappa shape index (κ2) is 7.72. The SMILES string of the molecule is CCCNC(c1cc(Br)c(C)s1)c1cc(Br)ccc1I. The molecule has 1 unspecified atom stereocenters. The van der Waals surface area contributed by atoms with Gasteiger partial charge in [-0.2, -0.15) is 0 Å². The summed E-state index contributed by atoms with van der Waals surface area (Å²) in [5.41, 5.74) is 1.34. The third kappa shape index (κ3) is 4.06. The second-order valence-corrected chi connectivity index (χ2v) is 8.83. The van der Waals surface area contributed by atoms with Crippen molar-refractivity contribution in [2.24, 2.45) is 0 Å². The first-order valence-electron chi connectivity index (χ1n) is 6.47. The molecule has 0 saturated heterocycles. The van der Waals surface area contributed by atoms with Gasteiger partial charge < -0.3 is 5.32 Å². The molecule has 2 aromatic rings. The topological polar surface area (TPSA) is 12.0 Å². The highest BCUT2D eigenvalue weighted by Gasteiger charge is 2.19. The van der Waals surface area contributed by atoms with E-state index in [0.29, 0.717) is 0 Å². The molecule has 0 aliphatic rings. The van der Waals surface area contributed by atoms with E-state index in [9.17, 15) is 0 Å². The molecule has 0 saturated carbocycles. The van der Waals surface area contributed by atoms with Crippen LogP contribution in [0.5, 0.6) is 0 Å². The standard InChI is InChI=1S/C15H16Br2INS/c1-3-6-19-15(14-8-12(17)9(2)20-14)11-7-10(16)4-5-13(11)18/h4-5,7-8,15,19H,3,6H2,1-2H3. The number of halogens is 3. The fraction of sp³-hybridized carbons (Fsp3) is 0.333. The second-order valence-electron chi connectivity index (χ2n) is 4.61. The van der Waals surface area contributed by atoms with E-state index in [4.69, 9.17) is 0 Å². The summed E-state index contributed by atoms with van der Waals surface area (Å²) in [4.78, 5) is 2.69. The Hall–Kier alpha value is 0.570. The average molecular weight is 529 g/mol. The minimum atomic E-state index is 0.259. The lowest BCUT2D eigenvalue weighted by Gasteiger charge is -2.19. The van der Waals surface area contributed by atoms with Gasteiger partial charge in [0.1, 0.15) is 0 Å². The summed E-state index contributed by atoms with van der Waals surface area (Å²) < 4.78 is 3.62. The fourth-order valence-electron chi connectivity index (χ4n) is 2.01. The van der Waals surface area contributed by atoms with Crippen molar-refractivity contribution >= 4 is 65.8 Å². The van der Waals surface area contributed by atoms with E-state index >= 15 is 0 Å². The Balaban J connectivity index is 2.43. The van der Waals surface area contributed by atoms with Gasteiger partial charge in [-0.15, -0.1) is 11.3 Å². The lowest BCUT2D eigenvalue weighted by molar-refractivity contribution is 0.603. The zero-order chi connectivity index (χ0) is 14.7. The smallest absolute Gasteiger partial charge is 0.0682 e. The molecular weight excluding hydrogens is 513 g/mol. The Morgan fingerprint density at radius 2 is 2.05 bits per heavy atom. The van der Waals surface area contributed by atoms with Crippen LogP contribution in [0.3, 0.4) is 0 Å². The van der Waals surface area contributed by atoms with E-state index in [1.54, 1.807) is 0 Å². The molecule has 1 aromatic carbocycles. The minimum Gasteiger partial charge on any atom is -0.306 e. The predicted octanol–water partition coefficient (Wildman–Crippen LogP) is 6.28. The normalized spacial score (nSPS) is 12.7.